The summed E-state index contributed by atoms with van der Waals surface area (Å²) < 4.78 is 5.67. The highest BCUT2D eigenvalue weighted by Crippen LogP contribution is 2.55. The second-order valence-electron chi connectivity index (χ2n) is 6.49. The van der Waals surface area contributed by atoms with Crippen molar-refractivity contribution >= 4 is 0 Å². The van der Waals surface area contributed by atoms with E-state index in [1.165, 1.54) is 24.0 Å². The summed E-state index contributed by atoms with van der Waals surface area (Å²) in [5, 5.41) is 0. The van der Waals surface area contributed by atoms with Gasteiger partial charge in [-0.2, -0.15) is 0 Å². The van der Waals surface area contributed by atoms with Gasteiger partial charge in [0.1, 0.15) is 5.75 Å². The van der Waals surface area contributed by atoms with Gasteiger partial charge in [-0.25, -0.2) is 0 Å². The lowest BCUT2D eigenvalue weighted by Crippen LogP contribution is -2.33. The van der Waals surface area contributed by atoms with Crippen molar-refractivity contribution < 1.29 is 4.74 Å². The van der Waals surface area contributed by atoms with E-state index in [0.717, 1.165) is 5.75 Å². The number of allylic oxidation sites excluding steroid dienone is 2. The summed E-state index contributed by atoms with van der Waals surface area (Å²) in [5.74, 6) is 3.42. The summed E-state index contributed by atoms with van der Waals surface area (Å²) >= 11 is 0. The van der Waals surface area contributed by atoms with Crippen LogP contribution in [0.2, 0.25) is 0 Å². The first-order valence-electron chi connectivity index (χ1n) is 8.24. The van der Waals surface area contributed by atoms with E-state index < -0.39 is 0 Å². The van der Waals surface area contributed by atoms with Crippen LogP contribution in [-0.4, -0.2) is 7.11 Å². The largest absolute Gasteiger partial charge is 0.496 e. The molecule has 1 fully saturated rings. The van der Waals surface area contributed by atoms with Crippen LogP contribution in [0.1, 0.15) is 35.8 Å². The van der Waals surface area contributed by atoms with E-state index in [0.29, 0.717) is 23.7 Å². The van der Waals surface area contributed by atoms with Gasteiger partial charge in [-0.05, 0) is 47.8 Å². The number of para-hydroxylation sites is 1. The maximum absolute atomic E-state index is 5.67. The number of rotatable bonds is 3. The Morgan fingerprint density at radius 2 is 1.41 bits per heavy atom. The lowest BCUT2D eigenvalue weighted by atomic mass is 9.58. The highest BCUT2D eigenvalue weighted by molar-refractivity contribution is 5.43. The molecule has 0 radical (unpaired) electrons. The summed E-state index contributed by atoms with van der Waals surface area (Å²) in [6.07, 6.45) is 7.52. The maximum atomic E-state index is 5.67. The molecule has 0 N–H and O–H groups in total. The van der Waals surface area contributed by atoms with E-state index in [4.69, 9.17) is 4.74 Å². The average Bonchev–Trinajstić information content (AvgIpc) is 2.62. The molecule has 1 nitrogen and oxygen atoms in total. The third-order valence-corrected chi connectivity index (χ3v) is 5.43. The Labute approximate surface area is 132 Å². The molecule has 2 bridgehead atoms. The van der Waals surface area contributed by atoms with Gasteiger partial charge in [0.05, 0.1) is 7.11 Å². The van der Waals surface area contributed by atoms with Crippen LogP contribution in [0.5, 0.6) is 5.75 Å². The topological polar surface area (TPSA) is 9.23 Å². The molecule has 0 saturated heterocycles. The van der Waals surface area contributed by atoms with Gasteiger partial charge >= 0.3 is 0 Å². The van der Waals surface area contributed by atoms with Crippen molar-refractivity contribution in [2.75, 3.05) is 7.11 Å². The number of ether oxygens (including phenoxy) is 1. The smallest absolute Gasteiger partial charge is 0.122 e. The second kappa shape index (κ2) is 5.64. The predicted octanol–water partition coefficient (Wildman–Crippen LogP) is 5.16. The molecule has 112 valence electrons. The van der Waals surface area contributed by atoms with Gasteiger partial charge in [-0.15, -0.1) is 0 Å². The summed E-state index contributed by atoms with van der Waals surface area (Å²) in [6.45, 7) is 0. The van der Waals surface area contributed by atoms with Crippen molar-refractivity contribution in [3.63, 3.8) is 0 Å². The number of hydrogen-bond donors (Lipinski definition) is 0. The molecule has 3 aliphatic carbocycles. The third kappa shape index (κ3) is 2.16. The third-order valence-electron chi connectivity index (χ3n) is 5.43. The second-order valence-corrected chi connectivity index (χ2v) is 6.49. The lowest BCUT2D eigenvalue weighted by molar-refractivity contribution is 0.236. The van der Waals surface area contributed by atoms with Gasteiger partial charge < -0.3 is 4.74 Å². The van der Waals surface area contributed by atoms with E-state index in [2.05, 4.69) is 66.7 Å². The quantitative estimate of drug-likeness (QED) is 0.710. The van der Waals surface area contributed by atoms with Crippen LogP contribution in [-0.2, 0) is 0 Å². The SMILES string of the molecule is COc1ccccc1[C@H]1C2C=CC(CC2)C1c1ccccc1. The van der Waals surface area contributed by atoms with Crippen molar-refractivity contribution in [3.8, 4) is 5.75 Å². The Balaban J connectivity index is 1.83. The van der Waals surface area contributed by atoms with Crippen molar-refractivity contribution in [1.82, 2.24) is 0 Å². The standard InChI is InChI=1S/C21H22O/c1-22-19-10-6-5-9-18(19)21-17-13-11-16(12-14-17)20(21)15-7-3-2-4-8-15/h2-11,13,16-17,20-21H,12,14H2,1H3/t16?,17?,20?,21-/m1/s1. The zero-order valence-electron chi connectivity index (χ0n) is 13.0. The molecule has 5 rings (SSSR count). The highest BCUT2D eigenvalue weighted by atomic mass is 16.5. The van der Waals surface area contributed by atoms with Gasteiger partial charge in [0.15, 0.2) is 0 Å². The molecule has 2 aromatic rings. The molecule has 1 saturated carbocycles. The van der Waals surface area contributed by atoms with Crippen molar-refractivity contribution in [3.05, 3.63) is 77.9 Å². The van der Waals surface area contributed by atoms with Crippen LogP contribution in [0, 0.1) is 11.8 Å². The lowest BCUT2D eigenvalue weighted by Gasteiger charge is -2.46. The van der Waals surface area contributed by atoms with Gasteiger partial charge in [0, 0.05) is 5.92 Å². The molecule has 22 heavy (non-hydrogen) atoms. The van der Waals surface area contributed by atoms with E-state index in [-0.39, 0.29) is 0 Å². The van der Waals surface area contributed by atoms with Crippen LogP contribution in [0.3, 0.4) is 0 Å². The molecule has 0 aliphatic heterocycles. The number of hydrogen-bond acceptors (Lipinski definition) is 1. The first kappa shape index (κ1) is 13.6. The minimum absolute atomic E-state index is 0.530. The van der Waals surface area contributed by atoms with E-state index >= 15 is 0 Å². The summed E-state index contributed by atoms with van der Waals surface area (Å²) in [4.78, 5) is 0. The molecule has 3 aliphatic rings. The van der Waals surface area contributed by atoms with Crippen LogP contribution >= 0.6 is 0 Å². The van der Waals surface area contributed by atoms with E-state index in [9.17, 15) is 0 Å². The molecular formula is C21H22O. The zero-order chi connectivity index (χ0) is 14.9. The fourth-order valence-electron chi connectivity index (χ4n) is 4.49. The van der Waals surface area contributed by atoms with Crippen LogP contribution in [0.15, 0.2) is 66.7 Å². The Hall–Kier alpha value is -2.02. The monoisotopic (exact) mass is 290 g/mol. The molecule has 1 heteroatoms. The Morgan fingerprint density at radius 1 is 0.773 bits per heavy atom. The molecule has 0 aromatic heterocycles. The van der Waals surface area contributed by atoms with E-state index in [1.807, 2.05) is 0 Å². The Morgan fingerprint density at radius 3 is 2.09 bits per heavy atom. The fraction of sp³-hybridized carbons (Fsp3) is 0.333. The van der Waals surface area contributed by atoms with Crippen molar-refractivity contribution in [1.29, 1.82) is 0 Å². The van der Waals surface area contributed by atoms with Crippen LogP contribution < -0.4 is 4.74 Å². The van der Waals surface area contributed by atoms with Crippen LogP contribution in [0.4, 0.5) is 0 Å². The van der Waals surface area contributed by atoms with Gasteiger partial charge in [0.25, 0.3) is 0 Å². The Bertz CT molecular complexity index is 673. The van der Waals surface area contributed by atoms with Gasteiger partial charge in [-0.3, -0.25) is 0 Å². The van der Waals surface area contributed by atoms with Crippen molar-refractivity contribution in [2.45, 2.75) is 24.7 Å². The molecule has 0 amide bonds. The average molecular weight is 290 g/mol. The molecule has 4 atom stereocenters. The normalized spacial score (nSPS) is 29.5. The van der Waals surface area contributed by atoms with Crippen LogP contribution in [0.25, 0.3) is 0 Å². The van der Waals surface area contributed by atoms with E-state index in [1.54, 1.807) is 7.11 Å². The summed E-state index contributed by atoms with van der Waals surface area (Å²) in [5.41, 5.74) is 2.84. The molecule has 2 aromatic carbocycles. The van der Waals surface area contributed by atoms with Gasteiger partial charge in [0.2, 0.25) is 0 Å². The minimum Gasteiger partial charge on any atom is -0.496 e. The molecule has 0 heterocycles. The molecule has 3 unspecified atom stereocenters. The maximum Gasteiger partial charge on any atom is 0.122 e. The summed E-state index contributed by atoms with van der Waals surface area (Å²) in [7, 11) is 1.78. The highest BCUT2D eigenvalue weighted by Gasteiger charge is 2.42. The predicted molar refractivity (Wildman–Crippen MR) is 90.3 cm³/mol. The number of methoxy groups -OCH3 is 1. The first-order valence-corrected chi connectivity index (χ1v) is 8.24. The molecule has 0 spiro atoms. The zero-order valence-corrected chi connectivity index (χ0v) is 13.0. The first-order chi connectivity index (χ1) is 10.9. The minimum atomic E-state index is 0.530. The Kier molecular flexibility index (Phi) is 3.49. The van der Waals surface area contributed by atoms with Gasteiger partial charge in [-0.1, -0.05) is 60.7 Å². The summed E-state index contributed by atoms with van der Waals surface area (Å²) in [6, 6.07) is 19.6. The number of benzene rings is 2. The number of fused-ring (bicyclic) bond motifs is 2. The molecular weight excluding hydrogens is 268 g/mol. The van der Waals surface area contributed by atoms with Crippen molar-refractivity contribution in [2.24, 2.45) is 11.8 Å². The fourth-order valence-corrected chi connectivity index (χ4v) is 4.49.